The van der Waals surface area contributed by atoms with Crippen molar-refractivity contribution in [2.75, 3.05) is 43.0 Å². The van der Waals surface area contributed by atoms with E-state index in [9.17, 15) is 13.2 Å². The van der Waals surface area contributed by atoms with E-state index in [4.69, 9.17) is 4.74 Å². The number of benzene rings is 1. The molecule has 1 aliphatic rings. The molecule has 25 heavy (non-hydrogen) atoms. The second-order valence-electron chi connectivity index (χ2n) is 5.24. The van der Waals surface area contributed by atoms with E-state index in [-0.39, 0.29) is 5.03 Å². The van der Waals surface area contributed by atoms with E-state index in [2.05, 4.69) is 14.4 Å². The summed E-state index contributed by atoms with van der Waals surface area (Å²) in [6.07, 6.45) is 0. The molecule has 0 saturated carbocycles. The lowest BCUT2D eigenvalue weighted by molar-refractivity contribution is 0.0600. The van der Waals surface area contributed by atoms with Crippen LogP contribution in [0.1, 0.15) is 10.4 Å². The molecule has 2 heterocycles. The Kier molecular flexibility index (Phi) is 5.21. The fourth-order valence-corrected chi connectivity index (χ4v) is 4.48. The number of aromatic nitrogens is 1. The van der Waals surface area contributed by atoms with Crippen molar-refractivity contribution in [2.45, 2.75) is 5.03 Å². The highest BCUT2D eigenvalue weighted by Gasteiger charge is 2.22. The molecule has 1 N–H and O–H groups in total. The minimum Gasteiger partial charge on any atom is -0.465 e. The minimum atomic E-state index is -3.79. The summed E-state index contributed by atoms with van der Waals surface area (Å²) in [5.74, 6) is -0.482. The molecule has 0 spiro atoms. The van der Waals surface area contributed by atoms with E-state index in [1.54, 1.807) is 0 Å². The largest absolute Gasteiger partial charge is 0.465 e. The van der Waals surface area contributed by atoms with Crippen molar-refractivity contribution in [3.63, 3.8) is 0 Å². The Morgan fingerprint density at radius 1 is 1.28 bits per heavy atom. The fourth-order valence-electron chi connectivity index (χ4n) is 2.27. The number of carbonyl (C=O) groups excluding carboxylic acids is 1. The zero-order valence-electron chi connectivity index (χ0n) is 13.5. The van der Waals surface area contributed by atoms with Crippen molar-refractivity contribution in [3.05, 3.63) is 35.2 Å². The van der Waals surface area contributed by atoms with Crippen molar-refractivity contribution in [2.24, 2.45) is 0 Å². The summed E-state index contributed by atoms with van der Waals surface area (Å²) >= 11 is 1.28. The molecule has 0 aliphatic carbocycles. The number of esters is 1. The third-order valence-corrected chi connectivity index (χ3v) is 5.90. The Morgan fingerprint density at radius 3 is 2.60 bits per heavy atom. The highest BCUT2D eigenvalue weighted by molar-refractivity contribution is 7.92. The van der Waals surface area contributed by atoms with Gasteiger partial charge in [0.2, 0.25) is 0 Å². The summed E-state index contributed by atoms with van der Waals surface area (Å²) < 4.78 is 37.3. The molecule has 1 aliphatic heterocycles. The van der Waals surface area contributed by atoms with Crippen molar-refractivity contribution < 1.29 is 22.7 Å². The Balaban J connectivity index is 1.73. The molecule has 0 radical (unpaired) electrons. The van der Waals surface area contributed by atoms with E-state index in [1.165, 1.54) is 48.1 Å². The van der Waals surface area contributed by atoms with Gasteiger partial charge in [0, 0.05) is 24.2 Å². The van der Waals surface area contributed by atoms with Gasteiger partial charge in [-0.25, -0.2) is 9.78 Å². The number of morpholine rings is 1. The quantitative estimate of drug-likeness (QED) is 0.783. The third kappa shape index (κ3) is 4.09. The van der Waals surface area contributed by atoms with Crippen LogP contribution in [0.4, 0.5) is 10.8 Å². The average Bonchev–Trinajstić information content (AvgIpc) is 3.13. The molecule has 0 amide bonds. The monoisotopic (exact) mass is 383 g/mol. The molecule has 0 unspecified atom stereocenters. The summed E-state index contributed by atoms with van der Waals surface area (Å²) in [6.45, 7) is 2.59. The summed E-state index contributed by atoms with van der Waals surface area (Å²) in [5.41, 5.74) is 0.683. The minimum absolute atomic E-state index is 0.0314. The number of rotatable bonds is 5. The number of anilines is 2. The summed E-state index contributed by atoms with van der Waals surface area (Å²) in [4.78, 5) is 17.6. The van der Waals surface area contributed by atoms with Gasteiger partial charge in [0.1, 0.15) is 0 Å². The number of nitrogens with zero attached hydrogens (tertiary/aromatic N) is 2. The number of nitrogens with one attached hydrogen (secondary N) is 1. The van der Waals surface area contributed by atoms with Crippen molar-refractivity contribution in [1.82, 2.24) is 4.98 Å². The number of ether oxygens (including phenoxy) is 2. The normalized spacial score (nSPS) is 15.0. The van der Waals surface area contributed by atoms with Crippen molar-refractivity contribution in [1.29, 1.82) is 0 Å². The first-order valence-electron chi connectivity index (χ1n) is 7.49. The zero-order valence-corrected chi connectivity index (χ0v) is 15.1. The van der Waals surface area contributed by atoms with Crippen LogP contribution in [0.5, 0.6) is 0 Å². The van der Waals surface area contributed by atoms with E-state index >= 15 is 0 Å². The smallest absolute Gasteiger partial charge is 0.337 e. The van der Waals surface area contributed by atoms with Crippen LogP contribution in [-0.4, -0.2) is 52.8 Å². The average molecular weight is 383 g/mol. The van der Waals surface area contributed by atoms with Gasteiger partial charge in [-0.3, -0.25) is 4.72 Å². The predicted octanol–water partition coefficient (Wildman–Crippen LogP) is 1.57. The van der Waals surface area contributed by atoms with Crippen LogP contribution in [0.15, 0.2) is 34.7 Å². The summed E-state index contributed by atoms with van der Waals surface area (Å²) in [7, 11) is -2.51. The molecule has 3 rings (SSSR count). The van der Waals surface area contributed by atoms with E-state index in [0.29, 0.717) is 42.7 Å². The Morgan fingerprint density at radius 2 is 1.96 bits per heavy atom. The Bertz CT molecular complexity index is 842. The van der Waals surface area contributed by atoms with Crippen LogP contribution >= 0.6 is 11.3 Å². The summed E-state index contributed by atoms with van der Waals surface area (Å²) in [6, 6.07) is 5.98. The number of methoxy groups -OCH3 is 1. The second kappa shape index (κ2) is 7.38. The van der Waals surface area contributed by atoms with Crippen LogP contribution in [0.3, 0.4) is 0 Å². The topological polar surface area (TPSA) is 97.8 Å². The third-order valence-electron chi connectivity index (χ3n) is 3.59. The highest BCUT2D eigenvalue weighted by Crippen LogP contribution is 2.25. The maximum Gasteiger partial charge on any atom is 0.337 e. The molecule has 1 fully saturated rings. The number of carbonyl (C=O) groups is 1. The van der Waals surface area contributed by atoms with Gasteiger partial charge in [-0.05, 0) is 24.3 Å². The molecule has 2 aromatic rings. The van der Waals surface area contributed by atoms with Gasteiger partial charge < -0.3 is 14.4 Å². The molecule has 0 bridgehead atoms. The predicted molar refractivity (Wildman–Crippen MR) is 93.7 cm³/mol. The molecular formula is C15H17N3O5S2. The lowest BCUT2D eigenvalue weighted by Gasteiger charge is -2.25. The van der Waals surface area contributed by atoms with Gasteiger partial charge in [0.25, 0.3) is 10.0 Å². The first-order chi connectivity index (χ1) is 12.0. The Hall–Kier alpha value is -2.17. The maximum atomic E-state index is 12.5. The number of sulfonamides is 1. The van der Waals surface area contributed by atoms with Gasteiger partial charge in [-0.15, -0.1) is 11.3 Å². The molecule has 10 heteroatoms. The Labute approximate surface area is 149 Å². The van der Waals surface area contributed by atoms with Crippen LogP contribution in [0.25, 0.3) is 0 Å². The molecule has 0 atom stereocenters. The van der Waals surface area contributed by atoms with Gasteiger partial charge in [-0.1, -0.05) is 0 Å². The number of hydrogen-bond acceptors (Lipinski definition) is 8. The van der Waals surface area contributed by atoms with Gasteiger partial charge in [0.15, 0.2) is 10.2 Å². The maximum absolute atomic E-state index is 12.5. The van der Waals surface area contributed by atoms with Crippen molar-refractivity contribution >= 4 is 38.1 Å². The van der Waals surface area contributed by atoms with Gasteiger partial charge >= 0.3 is 5.97 Å². The molecule has 1 aromatic heterocycles. The van der Waals surface area contributed by atoms with Crippen LogP contribution in [0, 0.1) is 0 Å². The molecule has 8 nitrogen and oxygen atoms in total. The van der Waals surface area contributed by atoms with Gasteiger partial charge in [0.05, 0.1) is 25.9 Å². The second-order valence-corrected chi connectivity index (χ2v) is 7.71. The van der Waals surface area contributed by atoms with Crippen LogP contribution in [0.2, 0.25) is 0 Å². The lowest BCUT2D eigenvalue weighted by Crippen LogP contribution is -2.36. The molecule has 1 saturated heterocycles. The van der Waals surface area contributed by atoms with E-state index in [0.717, 1.165) is 0 Å². The summed E-state index contributed by atoms with van der Waals surface area (Å²) in [5, 5.41) is 2.14. The fraction of sp³-hybridized carbons (Fsp3) is 0.333. The van der Waals surface area contributed by atoms with Crippen LogP contribution in [-0.2, 0) is 19.5 Å². The molecule has 1 aromatic carbocycles. The SMILES string of the molecule is COC(=O)c1ccc(NS(=O)(=O)c2csc(N3CCOCC3)n2)cc1. The van der Waals surface area contributed by atoms with E-state index < -0.39 is 16.0 Å². The van der Waals surface area contributed by atoms with Gasteiger partial charge in [-0.2, -0.15) is 8.42 Å². The first kappa shape index (κ1) is 17.6. The zero-order chi connectivity index (χ0) is 17.9. The standard InChI is InChI=1S/C15H17N3O5S2/c1-22-14(19)11-2-4-12(5-3-11)17-25(20,21)13-10-24-15(16-13)18-6-8-23-9-7-18/h2-5,10,17H,6-9H2,1H3. The van der Waals surface area contributed by atoms with Crippen LogP contribution < -0.4 is 9.62 Å². The van der Waals surface area contributed by atoms with Crippen molar-refractivity contribution in [3.8, 4) is 0 Å². The molecule has 134 valence electrons. The number of thiazole rings is 1. The van der Waals surface area contributed by atoms with E-state index in [1.807, 2.05) is 4.90 Å². The first-order valence-corrected chi connectivity index (χ1v) is 9.85. The lowest BCUT2D eigenvalue weighted by atomic mass is 10.2. The molecular weight excluding hydrogens is 366 g/mol. The number of hydrogen-bond donors (Lipinski definition) is 1. The highest BCUT2D eigenvalue weighted by atomic mass is 32.2.